The zero-order valence-electron chi connectivity index (χ0n) is 10.7. The van der Waals surface area contributed by atoms with Crippen LogP contribution in [0.5, 0.6) is 0 Å². The molecule has 0 N–H and O–H groups in total. The van der Waals surface area contributed by atoms with E-state index in [9.17, 15) is 4.79 Å². The number of ketones is 1. The quantitative estimate of drug-likeness (QED) is 0.735. The molecule has 1 aliphatic rings. The zero-order chi connectivity index (χ0) is 12.5. The third-order valence-electron chi connectivity index (χ3n) is 3.06. The van der Waals surface area contributed by atoms with E-state index >= 15 is 0 Å². The van der Waals surface area contributed by atoms with Crippen molar-refractivity contribution in [3.05, 3.63) is 29.8 Å². The van der Waals surface area contributed by atoms with E-state index in [4.69, 9.17) is 4.74 Å². The number of benzene rings is 1. The van der Waals surface area contributed by atoms with Crippen LogP contribution in [0.2, 0.25) is 0 Å². The molecular weight excluding hydrogens is 214 g/mol. The summed E-state index contributed by atoms with van der Waals surface area (Å²) in [5.74, 6) is 0.110. The van der Waals surface area contributed by atoms with Crippen LogP contribution in [0.25, 0.3) is 0 Å². The van der Waals surface area contributed by atoms with Gasteiger partial charge in [-0.2, -0.15) is 0 Å². The molecule has 1 heterocycles. The van der Waals surface area contributed by atoms with E-state index in [1.807, 2.05) is 24.3 Å². The van der Waals surface area contributed by atoms with Crippen molar-refractivity contribution in [2.24, 2.45) is 0 Å². The average Bonchev–Trinajstić information content (AvgIpc) is 2.28. The van der Waals surface area contributed by atoms with Crippen molar-refractivity contribution in [2.75, 3.05) is 24.6 Å². The normalized spacial score (nSPS) is 19.1. The molecule has 0 spiro atoms. The van der Waals surface area contributed by atoms with Gasteiger partial charge in [0.25, 0.3) is 0 Å². The van der Waals surface area contributed by atoms with Crippen molar-refractivity contribution in [2.45, 2.75) is 26.4 Å². The second kappa shape index (κ2) is 4.49. The van der Waals surface area contributed by atoms with Crippen LogP contribution in [0.3, 0.4) is 0 Å². The summed E-state index contributed by atoms with van der Waals surface area (Å²) in [7, 11) is 0. The molecule has 0 unspecified atom stereocenters. The number of nitrogens with zero attached hydrogens (tertiary/aromatic N) is 1. The molecule has 0 aliphatic carbocycles. The van der Waals surface area contributed by atoms with Crippen LogP contribution in [-0.2, 0) is 4.74 Å². The van der Waals surface area contributed by atoms with Crippen molar-refractivity contribution in [3.8, 4) is 0 Å². The summed E-state index contributed by atoms with van der Waals surface area (Å²) in [5, 5.41) is 0. The molecule has 0 radical (unpaired) electrons. The molecule has 17 heavy (non-hydrogen) atoms. The van der Waals surface area contributed by atoms with Gasteiger partial charge in [0.1, 0.15) is 0 Å². The minimum atomic E-state index is -0.0997. The first-order valence-corrected chi connectivity index (χ1v) is 5.98. The molecule has 2 rings (SSSR count). The van der Waals surface area contributed by atoms with Crippen molar-refractivity contribution < 1.29 is 9.53 Å². The molecule has 0 atom stereocenters. The maximum atomic E-state index is 11.2. The highest BCUT2D eigenvalue weighted by Crippen LogP contribution is 2.23. The van der Waals surface area contributed by atoms with Crippen LogP contribution >= 0.6 is 0 Å². The van der Waals surface area contributed by atoms with Crippen molar-refractivity contribution in [1.82, 2.24) is 0 Å². The second-order valence-corrected chi connectivity index (χ2v) is 5.13. The first kappa shape index (κ1) is 12.1. The Morgan fingerprint density at radius 3 is 2.47 bits per heavy atom. The van der Waals surface area contributed by atoms with E-state index in [0.29, 0.717) is 0 Å². The van der Waals surface area contributed by atoms with E-state index in [0.717, 1.165) is 30.9 Å². The lowest BCUT2D eigenvalue weighted by Gasteiger charge is -2.39. The van der Waals surface area contributed by atoms with E-state index in [-0.39, 0.29) is 11.4 Å². The fraction of sp³-hybridized carbons (Fsp3) is 0.500. The highest BCUT2D eigenvalue weighted by molar-refractivity contribution is 5.94. The van der Waals surface area contributed by atoms with Crippen molar-refractivity contribution in [1.29, 1.82) is 0 Å². The molecule has 0 bridgehead atoms. The number of carbonyl (C=O) groups excluding carboxylic acids is 1. The molecule has 0 amide bonds. The predicted molar refractivity (Wildman–Crippen MR) is 68.7 cm³/mol. The van der Waals surface area contributed by atoms with Gasteiger partial charge >= 0.3 is 0 Å². The molecule has 0 saturated carbocycles. The number of morpholine rings is 1. The summed E-state index contributed by atoms with van der Waals surface area (Å²) in [6.45, 7) is 8.33. The standard InChI is InChI=1S/C14H19NO2/c1-11(16)12-4-6-13(7-5-12)15-8-9-17-14(2,3)10-15/h4-7H,8-10H2,1-3H3. The Morgan fingerprint density at radius 2 is 1.94 bits per heavy atom. The maximum Gasteiger partial charge on any atom is 0.159 e. The van der Waals surface area contributed by atoms with Crippen molar-refractivity contribution in [3.63, 3.8) is 0 Å². The Labute approximate surface area is 102 Å². The molecule has 1 aromatic rings. The van der Waals surface area contributed by atoms with Crippen molar-refractivity contribution >= 4 is 11.5 Å². The number of rotatable bonds is 2. The number of anilines is 1. The summed E-state index contributed by atoms with van der Waals surface area (Å²) in [4.78, 5) is 13.5. The van der Waals surface area contributed by atoms with Crippen LogP contribution in [0.1, 0.15) is 31.1 Å². The molecule has 1 saturated heterocycles. The fourth-order valence-electron chi connectivity index (χ4n) is 2.14. The van der Waals surface area contributed by atoms with Crippen LogP contribution in [-0.4, -0.2) is 31.1 Å². The molecule has 1 aromatic carbocycles. The Morgan fingerprint density at radius 1 is 1.29 bits per heavy atom. The number of Topliss-reactive ketones (excluding diaryl/α,β-unsaturated/α-hetero) is 1. The topological polar surface area (TPSA) is 29.5 Å². The molecule has 92 valence electrons. The summed E-state index contributed by atoms with van der Waals surface area (Å²) in [6.07, 6.45) is 0. The van der Waals surface area contributed by atoms with Gasteiger partial charge in [-0.15, -0.1) is 0 Å². The third-order valence-corrected chi connectivity index (χ3v) is 3.06. The Kier molecular flexibility index (Phi) is 3.20. The molecule has 0 aromatic heterocycles. The summed E-state index contributed by atoms with van der Waals surface area (Å²) < 4.78 is 5.68. The molecule has 1 aliphatic heterocycles. The maximum absolute atomic E-state index is 11.2. The fourth-order valence-corrected chi connectivity index (χ4v) is 2.14. The SMILES string of the molecule is CC(=O)c1ccc(N2CCOC(C)(C)C2)cc1. The van der Waals surface area contributed by atoms with Gasteiger partial charge in [0.2, 0.25) is 0 Å². The smallest absolute Gasteiger partial charge is 0.159 e. The van der Waals surface area contributed by atoms with Gasteiger partial charge in [0, 0.05) is 24.3 Å². The summed E-state index contributed by atoms with van der Waals surface area (Å²) in [5.41, 5.74) is 1.82. The van der Waals surface area contributed by atoms with E-state index < -0.39 is 0 Å². The number of carbonyl (C=O) groups is 1. The highest BCUT2D eigenvalue weighted by Gasteiger charge is 2.27. The molecule has 3 nitrogen and oxygen atoms in total. The highest BCUT2D eigenvalue weighted by atomic mass is 16.5. The number of ether oxygens (including phenoxy) is 1. The predicted octanol–water partition coefficient (Wildman–Crippen LogP) is 2.50. The summed E-state index contributed by atoms with van der Waals surface area (Å²) >= 11 is 0. The minimum Gasteiger partial charge on any atom is -0.372 e. The van der Waals surface area contributed by atoms with Gasteiger partial charge in [-0.1, -0.05) is 0 Å². The van der Waals surface area contributed by atoms with Crippen LogP contribution < -0.4 is 4.90 Å². The zero-order valence-corrected chi connectivity index (χ0v) is 10.7. The Hall–Kier alpha value is -1.35. The minimum absolute atomic E-state index is 0.0997. The van der Waals surface area contributed by atoms with Gasteiger partial charge in [-0.25, -0.2) is 0 Å². The monoisotopic (exact) mass is 233 g/mol. The lowest BCUT2D eigenvalue weighted by Crippen LogP contribution is -2.48. The molecular formula is C14H19NO2. The van der Waals surface area contributed by atoms with Gasteiger partial charge in [0.15, 0.2) is 5.78 Å². The second-order valence-electron chi connectivity index (χ2n) is 5.13. The summed E-state index contributed by atoms with van der Waals surface area (Å²) in [6, 6.07) is 7.80. The van der Waals surface area contributed by atoms with E-state index in [1.54, 1.807) is 6.92 Å². The molecule has 1 fully saturated rings. The van der Waals surface area contributed by atoms with Gasteiger partial charge in [-0.3, -0.25) is 4.79 Å². The lowest BCUT2D eigenvalue weighted by atomic mass is 10.1. The lowest BCUT2D eigenvalue weighted by molar-refractivity contribution is -0.0276. The van der Waals surface area contributed by atoms with Gasteiger partial charge in [0.05, 0.1) is 12.2 Å². The number of hydrogen-bond acceptors (Lipinski definition) is 3. The number of hydrogen-bond donors (Lipinski definition) is 0. The first-order chi connectivity index (χ1) is 7.98. The van der Waals surface area contributed by atoms with Crippen LogP contribution in [0.15, 0.2) is 24.3 Å². The largest absolute Gasteiger partial charge is 0.372 e. The van der Waals surface area contributed by atoms with Crippen LogP contribution in [0, 0.1) is 0 Å². The average molecular weight is 233 g/mol. The Balaban J connectivity index is 2.14. The first-order valence-electron chi connectivity index (χ1n) is 5.98. The molecule has 3 heteroatoms. The van der Waals surface area contributed by atoms with E-state index in [1.165, 1.54) is 0 Å². The van der Waals surface area contributed by atoms with Crippen LogP contribution in [0.4, 0.5) is 5.69 Å². The third kappa shape index (κ3) is 2.86. The van der Waals surface area contributed by atoms with Gasteiger partial charge < -0.3 is 9.64 Å². The van der Waals surface area contributed by atoms with Gasteiger partial charge in [-0.05, 0) is 45.0 Å². The Bertz CT molecular complexity index is 409. The van der Waals surface area contributed by atoms with E-state index in [2.05, 4.69) is 18.7 Å².